The summed E-state index contributed by atoms with van der Waals surface area (Å²) in [5.74, 6) is 2.36. The maximum Gasteiger partial charge on any atom is 0.231 e. The van der Waals surface area contributed by atoms with Crippen molar-refractivity contribution >= 4 is 0 Å². The first kappa shape index (κ1) is 13.6. The summed E-state index contributed by atoms with van der Waals surface area (Å²) in [6.07, 6.45) is 0.700. The number of benzene rings is 2. The Morgan fingerprint density at radius 3 is 2.71 bits per heavy atom. The van der Waals surface area contributed by atoms with Gasteiger partial charge in [0.2, 0.25) is 6.79 Å². The second-order valence-corrected chi connectivity index (χ2v) is 4.81. The van der Waals surface area contributed by atoms with E-state index in [4.69, 9.17) is 19.9 Å². The molecule has 0 radical (unpaired) electrons. The van der Waals surface area contributed by atoms with Crippen LogP contribution < -0.4 is 19.9 Å². The Hall–Kier alpha value is -2.40. The summed E-state index contributed by atoms with van der Waals surface area (Å²) in [6, 6.07) is 10.7. The zero-order valence-electron chi connectivity index (χ0n) is 11.5. The number of ether oxygens (including phenoxy) is 3. The summed E-state index contributed by atoms with van der Waals surface area (Å²) in [5.41, 5.74) is 7.52. The minimum Gasteiger partial charge on any atom is -0.508 e. The molecular weight excluding hydrogens is 270 g/mol. The topological polar surface area (TPSA) is 73.9 Å². The molecule has 110 valence electrons. The van der Waals surface area contributed by atoms with E-state index >= 15 is 0 Å². The number of fused-ring (bicyclic) bond motifs is 1. The predicted molar refractivity (Wildman–Crippen MR) is 77.8 cm³/mol. The molecule has 0 bridgehead atoms. The average Bonchev–Trinajstić information content (AvgIpc) is 2.92. The number of hydrogen-bond donors (Lipinski definition) is 2. The first-order valence-electron chi connectivity index (χ1n) is 6.79. The Morgan fingerprint density at radius 2 is 1.95 bits per heavy atom. The third-order valence-corrected chi connectivity index (χ3v) is 3.27. The normalized spacial score (nSPS) is 12.4. The lowest BCUT2D eigenvalue weighted by Gasteiger charge is -2.12. The molecule has 1 heterocycles. The molecule has 1 aliphatic rings. The summed E-state index contributed by atoms with van der Waals surface area (Å²) in [4.78, 5) is 0. The number of aromatic hydroxyl groups is 1. The first-order valence-corrected chi connectivity index (χ1v) is 6.79. The fourth-order valence-corrected chi connectivity index (χ4v) is 2.26. The van der Waals surface area contributed by atoms with E-state index in [9.17, 15) is 5.11 Å². The van der Waals surface area contributed by atoms with Crippen molar-refractivity contribution in [1.29, 1.82) is 0 Å². The molecule has 21 heavy (non-hydrogen) atoms. The van der Waals surface area contributed by atoms with E-state index in [0.717, 1.165) is 22.6 Å². The van der Waals surface area contributed by atoms with Gasteiger partial charge in [-0.2, -0.15) is 0 Å². The van der Waals surface area contributed by atoms with Gasteiger partial charge in [-0.1, -0.05) is 12.1 Å². The maximum absolute atomic E-state index is 9.47. The van der Waals surface area contributed by atoms with Crippen molar-refractivity contribution in [3.63, 3.8) is 0 Å². The van der Waals surface area contributed by atoms with Crippen molar-refractivity contribution in [3.8, 4) is 23.0 Å². The van der Waals surface area contributed by atoms with Crippen LogP contribution in [0.3, 0.4) is 0 Å². The number of phenols is 1. The van der Waals surface area contributed by atoms with Crippen molar-refractivity contribution in [2.45, 2.75) is 13.0 Å². The zero-order valence-corrected chi connectivity index (χ0v) is 11.5. The van der Waals surface area contributed by atoms with Gasteiger partial charge in [0.25, 0.3) is 0 Å². The van der Waals surface area contributed by atoms with Gasteiger partial charge in [-0.05, 0) is 42.3 Å². The Bertz CT molecular complexity index is 642. The van der Waals surface area contributed by atoms with Crippen molar-refractivity contribution in [2.75, 3.05) is 13.3 Å². The fraction of sp³-hybridized carbons (Fsp3) is 0.250. The molecule has 3 rings (SSSR count). The molecule has 0 aromatic heterocycles. The van der Waals surface area contributed by atoms with Crippen LogP contribution in [0.5, 0.6) is 23.0 Å². The Morgan fingerprint density at radius 1 is 1.14 bits per heavy atom. The van der Waals surface area contributed by atoms with Crippen LogP contribution in [0.1, 0.15) is 11.1 Å². The number of rotatable bonds is 5. The lowest BCUT2D eigenvalue weighted by atomic mass is 10.1. The lowest BCUT2D eigenvalue weighted by molar-refractivity contribution is 0.173. The SMILES string of the molecule is NCCc1cc2c(cc1OCc1cccc(O)c1)OCO2. The summed E-state index contributed by atoms with van der Waals surface area (Å²) >= 11 is 0. The van der Waals surface area contributed by atoms with Crippen molar-refractivity contribution in [2.24, 2.45) is 5.73 Å². The van der Waals surface area contributed by atoms with Gasteiger partial charge in [0.15, 0.2) is 11.5 Å². The van der Waals surface area contributed by atoms with Crippen LogP contribution in [-0.2, 0) is 13.0 Å². The highest BCUT2D eigenvalue weighted by Crippen LogP contribution is 2.38. The molecule has 0 amide bonds. The van der Waals surface area contributed by atoms with E-state index in [0.29, 0.717) is 25.3 Å². The minimum absolute atomic E-state index is 0.226. The van der Waals surface area contributed by atoms with E-state index < -0.39 is 0 Å². The van der Waals surface area contributed by atoms with Gasteiger partial charge in [0, 0.05) is 6.07 Å². The van der Waals surface area contributed by atoms with Crippen molar-refractivity contribution in [3.05, 3.63) is 47.5 Å². The average molecular weight is 287 g/mol. The first-order chi connectivity index (χ1) is 10.3. The van der Waals surface area contributed by atoms with Gasteiger partial charge >= 0.3 is 0 Å². The van der Waals surface area contributed by atoms with Gasteiger partial charge in [0.05, 0.1) is 0 Å². The molecule has 0 saturated carbocycles. The van der Waals surface area contributed by atoms with Gasteiger partial charge in [-0.25, -0.2) is 0 Å². The van der Waals surface area contributed by atoms with Crippen LogP contribution in [0.15, 0.2) is 36.4 Å². The minimum atomic E-state index is 0.226. The zero-order chi connectivity index (χ0) is 14.7. The second kappa shape index (κ2) is 5.93. The highest BCUT2D eigenvalue weighted by molar-refractivity contribution is 5.52. The van der Waals surface area contributed by atoms with Gasteiger partial charge in [-0.15, -0.1) is 0 Å². The smallest absolute Gasteiger partial charge is 0.231 e. The summed E-state index contributed by atoms with van der Waals surface area (Å²) in [6.45, 7) is 1.13. The highest BCUT2D eigenvalue weighted by Gasteiger charge is 2.17. The lowest BCUT2D eigenvalue weighted by Crippen LogP contribution is -2.05. The Kier molecular flexibility index (Phi) is 3.83. The molecule has 3 N–H and O–H groups in total. The molecule has 0 fully saturated rings. The summed E-state index contributed by atoms with van der Waals surface area (Å²) in [5, 5.41) is 9.47. The highest BCUT2D eigenvalue weighted by atomic mass is 16.7. The molecular formula is C16H17NO4. The largest absolute Gasteiger partial charge is 0.508 e. The van der Waals surface area contributed by atoms with Gasteiger partial charge in [0.1, 0.15) is 18.1 Å². The summed E-state index contributed by atoms with van der Waals surface area (Å²) in [7, 11) is 0. The van der Waals surface area contributed by atoms with E-state index in [2.05, 4.69) is 0 Å². The molecule has 0 atom stereocenters. The molecule has 5 heteroatoms. The van der Waals surface area contributed by atoms with E-state index in [1.807, 2.05) is 18.2 Å². The number of phenolic OH excluding ortho intramolecular Hbond substituents is 1. The van der Waals surface area contributed by atoms with E-state index in [1.54, 1.807) is 18.2 Å². The monoisotopic (exact) mass is 287 g/mol. The van der Waals surface area contributed by atoms with Crippen LogP contribution >= 0.6 is 0 Å². The number of hydrogen-bond acceptors (Lipinski definition) is 5. The van der Waals surface area contributed by atoms with E-state index in [-0.39, 0.29) is 12.5 Å². The molecule has 0 aliphatic carbocycles. The Labute approximate surface area is 122 Å². The predicted octanol–water partition coefficient (Wildman–Crippen LogP) is 2.20. The molecule has 0 spiro atoms. The molecule has 5 nitrogen and oxygen atoms in total. The van der Waals surface area contributed by atoms with Gasteiger partial charge < -0.3 is 25.1 Å². The third kappa shape index (κ3) is 3.03. The fourth-order valence-electron chi connectivity index (χ4n) is 2.26. The maximum atomic E-state index is 9.47. The van der Waals surface area contributed by atoms with E-state index in [1.165, 1.54) is 0 Å². The van der Waals surface area contributed by atoms with Crippen molar-refractivity contribution < 1.29 is 19.3 Å². The van der Waals surface area contributed by atoms with Crippen LogP contribution in [0.25, 0.3) is 0 Å². The van der Waals surface area contributed by atoms with Gasteiger partial charge in [-0.3, -0.25) is 0 Å². The quantitative estimate of drug-likeness (QED) is 0.882. The van der Waals surface area contributed by atoms with Crippen LogP contribution in [-0.4, -0.2) is 18.4 Å². The standard InChI is InChI=1S/C16H17NO4/c17-5-4-12-7-15-16(21-10-20-15)8-14(12)19-9-11-2-1-3-13(18)6-11/h1-3,6-8,18H,4-5,9-10,17H2. The van der Waals surface area contributed by atoms with Crippen LogP contribution in [0.2, 0.25) is 0 Å². The van der Waals surface area contributed by atoms with Crippen LogP contribution in [0.4, 0.5) is 0 Å². The van der Waals surface area contributed by atoms with Crippen LogP contribution in [0, 0.1) is 0 Å². The van der Waals surface area contributed by atoms with Crippen molar-refractivity contribution in [1.82, 2.24) is 0 Å². The Balaban J connectivity index is 1.80. The third-order valence-electron chi connectivity index (χ3n) is 3.27. The second-order valence-electron chi connectivity index (χ2n) is 4.81. The molecule has 0 saturated heterocycles. The molecule has 2 aromatic rings. The molecule has 2 aromatic carbocycles. The molecule has 0 unspecified atom stereocenters. The molecule has 1 aliphatic heterocycles. The summed E-state index contributed by atoms with van der Waals surface area (Å²) < 4.78 is 16.6. The number of nitrogens with two attached hydrogens (primary N) is 1.